The fourth-order valence-corrected chi connectivity index (χ4v) is 1.52. The molecule has 0 aliphatic carbocycles. The summed E-state index contributed by atoms with van der Waals surface area (Å²) in [5.41, 5.74) is 0. The Morgan fingerprint density at radius 1 is 1.22 bits per heavy atom. The van der Waals surface area contributed by atoms with Crippen LogP contribution in [0, 0.1) is 0 Å². The van der Waals surface area contributed by atoms with Crippen LogP contribution in [0.1, 0.15) is 31.9 Å². The molecular weight excluding hydrogens is 232 g/mol. The molecule has 1 rings (SSSR count). The Morgan fingerprint density at radius 2 is 1.94 bits per heavy atom. The van der Waals surface area contributed by atoms with Gasteiger partial charge < -0.3 is 15.1 Å². The van der Waals surface area contributed by atoms with Gasteiger partial charge in [-0.2, -0.15) is 0 Å². The van der Waals surface area contributed by atoms with Crippen molar-refractivity contribution >= 4 is 11.8 Å². The van der Waals surface area contributed by atoms with Crippen LogP contribution in [0.4, 0.5) is 0 Å². The Hall–Kier alpha value is -1.78. The van der Waals surface area contributed by atoms with E-state index < -0.39 is 0 Å². The van der Waals surface area contributed by atoms with E-state index in [4.69, 9.17) is 4.42 Å². The molecule has 0 saturated heterocycles. The summed E-state index contributed by atoms with van der Waals surface area (Å²) >= 11 is 0. The first kappa shape index (κ1) is 14.3. The molecule has 1 heterocycles. The van der Waals surface area contributed by atoms with E-state index >= 15 is 0 Å². The summed E-state index contributed by atoms with van der Waals surface area (Å²) in [4.78, 5) is 22.0. The Morgan fingerprint density at radius 3 is 2.56 bits per heavy atom. The molecule has 2 amide bonds. The molecule has 18 heavy (non-hydrogen) atoms. The first-order valence-corrected chi connectivity index (χ1v) is 6.22. The third-order valence-corrected chi connectivity index (χ3v) is 2.48. The minimum Gasteiger partial charge on any atom is -0.469 e. The molecule has 1 aromatic heterocycles. The molecular formula is C13H20N2O3. The van der Waals surface area contributed by atoms with E-state index in [1.807, 2.05) is 12.1 Å². The van der Waals surface area contributed by atoms with Crippen molar-refractivity contribution in [3.8, 4) is 0 Å². The number of unbranched alkanes of at least 4 members (excludes halogenated alkanes) is 1. The molecule has 0 bridgehead atoms. The molecule has 100 valence electrons. The van der Waals surface area contributed by atoms with Gasteiger partial charge in [0.1, 0.15) is 5.76 Å². The predicted octanol–water partition coefficient (Wildman–Crippen LogP) is 1.24. The predicted molar refractivity (Wildman–Crippen MR) is 68.0 cm³/mol. The molecule has 0 aromatic carbocycles. The van der Waals surface area contributed by atoms with Crippen LogP contribution in [-0.2, 0) is 16.0 Å². The standard InChI is InChI=1S/C13H20N2O3/c1-11(16)14-8-2-3-9-15-13(17)7-6-12-5-4-10-18-12/h4-5,10H,2-3,6-9H2,1H3,(H,14,16)(H,15,17). The summed E-state index contributed by atoms with van der Waals surface area (Å²) in [6.45, 7) is 2.81. The minimum atomic E-state index is -0.0162. The third kappa shape index (κ3) is 6.73. The van der Waals surface area contributed by atoms with Gasteiger partial charge in [0.2, 0.25) is 11.8 Å². The molecule has 0 saturated carbocycles. The van der Waals surface area contributed by atoms with Crippen molar-refractivity contribution in [3.05, 3.63) is 24.2 Å². The van der Waals surface area contributed by atoms with Crippen molar-refractivity contribution < 1.29 is 14.0 Å². The smallest absolute Gasteiger partial charge is 0.220 e. The molecule has 1 aromatic rings. The summed E-state index contributed by atoms with van der Waals surface area (Å²) in [5.74, 6) is 0.846. The highest BCUT2D eigenvalue weighted by Crippen LogP contribution is 2.03. The van der Waals surface area contributed by atoms with E-state index in [1.54, 1.807) is 6.26 Å². The van der Waals surface area contributed by atoms with E-state index in [2.05, 4.69) is 10.6 Å². The second-order valence-electron chi connectivity index (χ2n) is 4.12. The zero-order valence-corrected chi connectivity index (χ0v) is 10.7. The highest BCUT2D eigenvalue weighted by molar-refractivity contribution is 5.76. The highest BCUT2D eigenvalue weighted by Gasteiger charge is 2.03. The molecule has 0 fully saturated rings. The largest absolute Gasteiger partial charge is 0.469 e. The van der Waals surface area contributed by atoms with Crippen molar-refractivity contribution in [2.24, 2.45) is 0 Å². The van der Waals surface area contributed by atoms with Crippen LogP contribution in [0.2, 0.25) is 0 Å². The summed E-state index contributed by atoms with van der Waals surface area (Å²) in [6.07, 6.45) is 4.42. The Bertz CT molecular complexity index is 360. The Kier molecular flexibility index (Phi) is 6.61. The lowest BCUT2D eigenvalue weighted by molar-refractivity contribution is -0.121. The maximum atomic E-state index is 11.5. The lowest BCUT2D eigenvalue weighted by Crippen LogP contribution is -2.26. The molecule has 5 nitrogen and oxygen atoms in total. The van der Waals surface area contributed by atoms with Gasteiger partial charge in [0.05, 0.1) is 6.26 Å². The van der Waals surface area contributed by atoms with E-state index in [1.165, 1.54) is 6.92 Å². The van der Waals surface area contributed by atoms with Crippen LogP contribution >= 0.6 is 0 Å². The number of rotatable bonds is 8. The van der Waals surface area contributed by atoms with Crippen LogP contribution in [0.3, 0.4) is 0 Å². The lowest BCUT2D eigenvalue weighted by Gasteiger charge is -2.05. The summed E-state index contributed by atoms with van der Waals surface area (Å²) in [5, 5.41) is 5.55. The minimum absolute atomic E-state index is 0.0162. The van der Waals surface area contributed by atoms with Gasteiger partial charge in [-0.15, -0.1) is 0 Å². The normalized spacial score (nSPS) is 10.1. The number of furan rings is 1. The quantitative estimate of drug-likeness (QED) is 0.684. The van der Waals surface area contributed by atoms with Crippen molar-refractivity contribution in [2.75, 3.05) is 13.1 Å². The number of nitrogens with one attached hydrogen (secondary N) is 2. The topological polar surface area (TPSA) is 71.3 Å². The van der Waals surface area contributed by atoms with Gasteiger partial charge in [-0.05, 0) is 25.0 Å². The van der Waals surface area contributed by atoms with Gasteiger partial charge in [-0.1, -0.05) is 0 Å². The fraction of sp³-hybridized carbons (Fsp3) is 0.538. The van der Waals surface area contributed by atoms with Gasteiger partial charge in [-0.25, -0.2) is 0 Å². The van der Waals surface area contributed by atoms with Crippen molar-refractivity contribution in [1.82, 2.24) is 10.6 Å². The van der Waals surface area contributed by atoms with Crippen LogP contribution in [-0.4, -0.2) is 24.9 Å². The van der Waals surface area contributed by atoms with E-state index in [-0.39, 0.29) is 11.8 Å². The summed E-state index contributed by atoms with van der Waals surface area (Å²) in [6, 6.07) is 3.68. The van der Waals surface area contributed by atoms with E-state index in [9.17, 15) is 9.59 Å². The number of aryl methyl sites for hydroxylation is 1. The number of hydrogen-bond acceptors (Lipinski definition) is 3. The van der Waals surface area contributed by atoms with Crippen LogP contribution in [0.15, 0.2) is 22.8 Å². The Balaban J connectivity index is 1.95. The van der Waals surface area contributed by atoms with Gasteiger partial charge >= 0.3 is 0 Å². The number of carbonyl (C=O) groups excluding carboxylic acids is 2. The molecule has 0 radical (unpaired) electrons. The van der Waals surface area contributed by atoms with Crippen LogP contribution in [0.5, 0.6) is 0 Å². The average molecular weight is 252 g/mol. The molecule has 0 spiro atoms. The maximum absolute atomic E-state index is 11.5. The van der Waals surface area contributed by atoms with Gasteiger partial charge in [0, 0.05) is 32.9 Å². The molecule has 5 heteroatoms. The monoisotopic (exact) mass is 252 g/mol. The van der Waals surface area contributed by atoms with Gasteiger partial charge in [0.25, 0.3) is 0 Å². The summed E-state index contributed by atoms with van der Waals surface area (Å²) < 4.78 is 5.14. The SMILES string of the molecule is CC(=O)NCCCCNC(=O)CCc1ccco1. The van der Waals surface area contributed by atoms with E-state index in [0.29, 0.717) is 25.9 Å². The molecule has 0 atom stereocenters. The zero-order chi connectivity index (χ0) is 13.2. The van der Waals surface area contributed by atoms with Crippen LogP contribution < -0.4 is 10.6 Å². The van der Waals surface area contributed by atoms with Crippen LogP contribution in [0.25, 0.3) is 0 Å². The lowest BCUT2D eigenvalue weighted by atomic mass is 10.2. The number of hydrogen-bond donors (Lipinski definition) is 2. The third-order valence-electron chi connectivity index (χ3n) is 2.48. The first-order chi connectivity index (χ1) is 8.68. The number of amides is 2. The fourth-order valence-electron chi connectivity index (χ4n) is 1.52. The molecule has 2 N–H and O–H groups in total. The van der Waals surface area contributed by atoms with Crippen molar-refractivity contribution in [3.63, 3.8) is 0 Å². The second kappa shape index (κ2) is 8.33. The number of carbonyl (C=O) groups is 2. The van der Waals surface area contributed by atoms with Gasteiger partial charge in [0.15, 0.2) is 0 Å². The van der Waals surface area contributed by atoms with E-state index in [0.717, 1.165) is 18.6 Å². The van der Waals surface area contributed by atoms with Crippen molar-refractivity contribution in [1.29, 1.82) is 0 Å². The molecule has 0 unspecified atom stereocenters. The maximum Gasteiger partial charge on any atom is 0.220 e. The van der Waals surface area contributed by atoms with Gasteiger partial charge in [-0.3, -0.25) is 9.59 Å². The Labute approximate surface area is 107 Å². The highest BCUT2D eigenvalue weighted by atomic mass is 16.3. The van der Waals surface area contributed by atoms with Crippen molar-refractivity contribution in [2.45, 2.75) is 32.6 Å². The molecule has 0 aliphatic heterocycles. The second-order valence-corrected chi connectivity index (χ2v) is 4.12. The summed E-state index contributed by atoms with van der Waals surface area (Å²) in [7, 11) is 0. The molecule has 0 aliphatic rings. The average Bonchev–Trinajstić information content (AvgIpc) is 2.83. The first-order valence-electron chi connectivity index (χ1n) is 6.22. The zero-order valence-electron chi connectivity index (χ0n) is 10.7.